The molecule has 0 aromatic heterocycles. The highest BCUT2D eigenvalue weighted by Crippen LogP contribution is 2.29. The first-order valence-electron chi connectivity index (χ1n) is 6.73. The molecular weight excluding hydrogens is 311 g/mol. The monoisotopic (exact) mass is 325 g/mol. The van der Waals surface area contributed by atoms with Gasteiger partial charge < -0.3 is 15.5 Å². The van der Waals surface area contributed by atoms with Crippen molar-refractivity contribution in [1.29, 1.82) is 0 Å². The minimum absolute atomic E-state index is 0.242. The van der Waals surface area contributed by atoms with Gasteiger partial charge in [-0.15, -0.1) is 0 Å². The third-order valence-electron chi connectivity index (χ3n) is 3.22. The Labute approximate surface area is 130 Å². The number of benzene rings is 2. The smallest absolute Gasteiger partial charge is 0.416 e. The number of carboxylic acids is 1. The molecule has 122 valence electrons. The molecule has 3 N–H and O–H groups in total. The first-order chi connectivity index (χ1) is 10.8. The van der Waals surface area contributed by atoms with E-state index in [1.54, 1.807) is 6.07 Å². The van der Waals surface area contributed by atoms with Crippen LogP contribution in [0.1, 0.15) is 21.5 Å². The molecule has 0 aliphatic carbocycles. The van der Waals surface area contributed by atoms with Crippen LogP contribution < -0.4 is 5.32 Å². The van der Waals surface area contributed by atoms with Gasteiger partial charge in [0.1, 0.15) is 11.3 Å². The Kier molecular flexibility index (Phi) is 4.78. The van der Waals surface area contributed by atoms with Gasteiger partial charge in [0.05, 0.1) is 5.56 Å². The number of alkyl halides is 3. The summed E-state index contributed by atoms with van der Waals surface area (Å²) in [7, 11) is 0. The van der Waals surface area contributed by atoms with Gasteiger partial charge in [-0.2, -0.15) is 13.2 Å². The molecule has 0 saturated carbocycles. The fraction of sp³-hybridized carbons (Fsp3) is 0.188. The van der Waals surface area contributed by atoms with E-state index in [0.29, 0.717) is 24.2 Å². The van der Waals surface area contributed by atoms with Crippen LogP contribution in [0.4, 0.5) is 18.9 Å². The summed E-state index contributed by atoms with van der Waals surface area (Å²) in [4.78, 5) is 10.9. The van der Waals surface area contributed by atoms with Gasteiger partial charge in [0.15, 0.2) is 0 Å². The van der Waals surface area contributed by atoms with Crippen molar-refractivity contribution in [2.45, 2.75) is 12.6 Å². The molecule has 0 spiro atoms. The third-order valence-corrected chi connectivity index (χ3v) is 3.22. The maximum atomic E-state index is 12.6. The maximum absolute atomic E-state index is 12.6. The Balaban J connectivity index is 2.00. The quantitative estimate of drug-likeness (QED) is 0.732. The number of carbonyl (C=O) groups is 1. The van der Waals surface area contributed by atoms with E-state index in [9.17, 15) is 23.1 Å². The molecule has 0 saturated heterocycles. The number of carboxylic acid groups (broad SMARTS) is 1. The van der Waals surface area contributed by atoms with Gasteiger partial charge in [0, 0.05) is 12.2 Å². The fourth-order valence-electron chi connectivity index (χ4n) is 2.07. The second kappa shape index (κ2) is 6.60. The van der Waals surface area contributed by atoms with Crippen LogP contribution in [0, 0.1) is 0 Å². The molecule has 0 amide bonds. The van der Waals surface area contributed by atoms with Crippen LogP contribution in [0.5, 0.6) is 5.75 Å². The highest BCUT2D eigenvalue weighted by molar-refractivity contribution is 5.91. The number of phenols is 1. The number of aromatic carboxylic acids is 1. The lowest BCUT2D eigenvalue weighted by Crippen LogP contribution is -2.08. The number of aromatic hydroxyl groups is 1. The van der Waals surface area contributed by atoms with Gasteiger partial charge in [-0.1, -0.05) is 18.2 Å². The lowest BCUT2D eigenvalue weighted by Gasteiger charge is -2.10. The van der Waals surface area contributed by atoms with Crippen LogP contribution in [-0.4, -0.2) is 22.7 Å². The SMILES string of the molecule is O=C(O)c1cc(NCCc2cccc(C(F)(F)F)c2)ccc1O. The van der Waals surface area contributed by atoms with Crippen LogP contribution in [0.25, 0.3) is 0 Å². The zero-order valence-electron chi connectivity index (χ0n) is 11.9. The Morgan fingerprint density at radius 2 is 1.87 bits per heavy atom. The number of hydrogen-bond acceptors (Lipinski definition) is 3. The van der Waals surface area contributed by atoms with E-state index in [1.165, 1.54) is 24.3 Å². The zero-order chi connectivity index (χ0) is 17.0. The van der Waals surface area contributed by atoms with Gasteiger partial charge in [0.25, 0.3) is 0 Å². The molecule has 7 heteroatoms. The molecule has 2 rings (SSSR count). The molecule has 23 heavy (non-hydrogen) atoms. The third kappa shape index (κ3) is 4.38. The number of rotatable bonds is 5. The Morgan fingerprint density at radius 1 is 1.13 bits per heavy atom. The van der Waals surface area contributed by atoms with Crippen LogP contribution in [0.3, 0.4) is 0 Å². The van der Waals surface area contributed by atoms with Gasteiger partial charge in [-0.25, -0.2) is 4.79 Å². The van der Waals surface area contributed by atoms with Gasteiger partial charge in [0.2, 0.25) is 0 Å². The summed E-state index contributed by atoms with van der Waals surface area (Å²) in [6.45, 7) is 0.325. The second-order valence-electron chi connectivity index (χ2n) is 4.91. The second-order valence-corrected chi connectivity index (χ2v) is 4.91. The first-order valence-corrected chi connectivity index (χ1v) is 6.73. The van der Waals surface area contributed by atoms with E-state index in [2.05, 4.69) is 5.32 Å². The van der Waals surface area contributed by atoms with E-state index < -0.39 is 17.7 Å². The first kappa shape index (κ1) is 16.7. The molecule has 0 radical (unpaired) electrons. The number of halogens is 3. The van der Waals surface area contributed by atoms with Crippen molar-refractivity contribution in [3.05, 3.63) is 59.2 Å². The minimum atomic E-state index is -4.38. The highest BCUT2D eigenvalue weighted by Gasteiger charge is 2.30. The van der Waals surface area contributed by atoms with Crippen molar-refractivity contribution in [1.82, 2.24) is 0 Å². The summed E-state index contributed by atoms with van der Waals surface area (Å²) >= 11 is 0. The van der Waals surface area contributed by atoms with Gasteiger partial charge in [-0.3, -0.25) is 0 Å². The highest BCUT2D eigenvalue weighted by atomic mass is 19.4. The lowest BCUT2D eigenvalue weighted by molar-refractivity contribution is -0.137. The van der Waals surface area contributed by atoms with Crippen molar-refractivity contribution in [2.24, 2.45) is 0 Å². The molecule has 0 atom stereocenters. The Bertz CT molecular complexity index is 714. The van der Waals surface area contributed by atoms with E-state index in [0.717, 1.165) is 12.1 Å². The Hall–Kier alpha value is -2.70. The fourth-order valence-corrected chi connectivity index (χ4v) is 2.07. The Morgan fingerprint density at radius 3 is 2.52 bits per heavy atom. The van der Waals surface area contributed by atoms with E-state index in [-0.39, 0.29) is 11.3 Å². The average molecular weight is 325 g/mol. The van der Waals surface area contributed by atoms with Crippen LogP contribution in [0.2, 0.25) is 0 Å². The van der Waals surface area contributed by atoms with Crippen molar-refractivity contribution in [2.75, 3.05) is 11.9 Å². The van der Waals surface area contributed by atoms with E-state index in [1.807, 2.05) is 0 Å². The standard InChI is InChI=1S/C16H14F3NO3/c17-16(18,19)11-3-1-2-10(8-11)6-7-20-12-4-5-14(21)13(9-12)15(22)23/h1-5,8-9,20-21H,6-7H2,(H,22,23). The summed E-state index contributed by atoms with van der Waals surface area (Å²) in [5.41, 5.74) is 0.0404. The van der Waals surface area contributed by atoms with Gasteiger partial charge >= 0.3 is 12.1 Å². The molecule has 2 aromatic carbocycles. The lowest BCUT2D eigenvalue weighted by atomic mass is 10.1. The van der Waals surface area contributed by atoms with E-state index >= 15 is 0 Å². The molecule has 0 bridgehead atoms. The molecule has 0 fully saturated rings. The predicted molar refractivity (Wildman–Crippen MR) is 78.7 cm³/mol. The predicted octanol–water partition coefficient (Wildman–Crippen LogP) is 3.76. The zero-order valence-corrected chi connectivity index (χ0v) is 11.9. The molecule has 0 heterocycles. The number of anilines is 1. The van der Waals surface area contributed by atoms with Crippen molar-refractivity contribution < 1.29 is 28.2 Å². The normalized spacial score (nSPS) is 11.3. The minimum Gasteiger partial charge on any atom is -0.507 e. The summed E-state index contributed by atoms with van der Waals surface area (Å²) in [5, 5.41) is 21.2. The molecule has 2 aromatic rings. The van der Waals surface area contributed by atoms with Crippen LogP contribution in [-0.2, 0) is 12.6 Å². The van der Waals surface area contributed by atoms with Crippen molar-refractivity contribution in [3.63, 3.8) is 0 Å². The molecule has 4 nitrogen and oxygen atoms in total. The topological polar surface area (TPSA) is 69.6 Å². The number of hydrogen-bond donors (Lipinski definition) is 3. The molecule has 0 aliphatic heterocycles. The van der Waals surface area contributed by atoms with E-state index in [4.69, 9.17) is 5.11 Å². The largest absolute Gasteiger partial charge is 0.507 e. The molecule has 0 aliphatic rings. The summed E-state index contributed by atoms with van der Waals surface area (Å²) in [5.74, 6) is -1.61. The van der Waals surface area contributed by atoms with Crippen LogP contribution >= 0.6 is 0 Å². The summed E-state index contributed by atoms with van der Waals surface area (Å²) in [6.07, 6.45) is -4.04. The van der Waals surface area contributed by atoms with Crippen molar-refractivity contribution >= 4 is 11.7 Å². The summed E-state index contributed by atoms with van der Waals surface area (Å²) in [6, 6.07) is 9.04. The average Bonchev–Trinajstić information content (AvgIpc) is 2.48. The van der Waals surface area contributed by atoms with Crippen molar-refractivity contribution in [3.8, 4) is 5.75 Å². The summed E-state index contributed by atoms with van der Waals surface area (Å²) < 4.78 is 37.9. The maximum Gasteiger partial charge on any atom is 0.416 e. The molecule has 0 unspecified atom stereocenters. The van der Waals surface area contributed by atoms with Crippen LogP contribution in [0.15, 0.2) is 42.5 Å². The molecular formula is C16H14F3NO3. The number of nitrogens with one attached hydrogen (secondary N) is 1. The van der Waals surface area contributed by atoms with Gasteiger partial charge in [-0.05, 0) is 36.2 Å².